The van der Waals surface area contributed by atoms with Crippen molar-refractivity contribution in [3.8, 4) is 0 Å². The molecule has 134 valence electrons. The number of nitrogens with one attached hydrogen (secondary N) is 1. The summed E-state index contributed by atoms with van der Waals surface area (Å²) in [4.78, 5) is 16.6. The van der Waals surface area contributed by atoms with Crippen LogP contribution in [0.1, 0.15) is 33.3 Å². The van der Waals surface area contributed by atoms with Gasteiger partial charge < -0.3 is 10.4 Å². The molecule has 3 heterocycles. The quantitative estimate of drug-likeness (QED) is 0.790. The van der Waals surface area contributed by atoms with Crippen molar-refractivity contribution < 1.29 is 18.3 Å². The van der Waals surface area contributed by atoms with Crippen LogP contribution in [0.5, 0.6) is 0 Å². The van der Waals surface area contributed by atoms with Gasteiger partial charge in [-0.25, -0.2) is 13.2 Å². The molecule has 0 radical (unpaired) electrons. The summed E-state index contributed by atoms with van der Waals surface area (Å²) in [5, 5.41) is 12.8. The Morgan fingerprint density at radius 2 is 2.28 bits per heavy atom. The number of sulfonamides is 1. The molecule has 0 aromatic carbocycles. The Morgan fingerprint density at radius 3 is 2.92 bits per heavy atom. The van der Waals surface area contributed by atoms with E-state index in [1.54, 1.807) is 31.5 Å². The normalized spacial score (nSPS) is 14.5. The van der Waals surface area contributed by atoms with E-state index in [0.29, 0.717) is 25.1 Å². The van der Waals surface area contributed by atoms with Crippen LogP contribution in [0.2, 0.25) is 0 Å². The van der Waals surface area contributed by atoms with Crippen molar-refractivity contribution in [3.05, 3.63) is 46.1 Å². The average molecular weight is 381 g/mol. The molecule has 0 fully saturated rings. The number of aromatic carboxylic acids is 1. The van der Waals surface area contributed by atoms with Gasteiger partial charge in [0.25, 0.3) is 10.0 Å². The monoisotopic (exact) mass is 381 g/mol. The number of fused-ring (bicyclic) bond motifs is 1. The third-order valence-corrected chi connectivity index (χ3v) is 7.77. The van der Waals surface area contributed by atoms with E-state index in [1.165, 1.54) is 4.31 Å². The Balaban J connectivity index is 2.04. The van der Waals surface area contributed by atoms with Crippen LogP contribution in [0.3, 0.4) is 0 Å². The summed E-state index contributed by atoms with van der Waals surface area (Å²) in [5.74, 6) is -1.18. The highest BCUT2D eigenvalue weighted by atomic mass is 32.2. The first-order valence-corrected chi connectivity index (χ1v) is 10.2. The molecule has 2 N–H and O–H groups in total. The second-order valence-electron chi connectivity index (χ2n) is 5.69. The fraction of sp³-hybridized carbons (Fsp3) is 0.375. The molecule has 7 nitrogen and oxygen atoms in total. The summed E-state index contributed by atoms with van der Waals surface area (Å²) >= 11 is 1.06. The van der Waals surface area contributed by atoms with E-state index in [1.807, 2.05) is 0 Å². The number of carbonyl (C=O) groups is 1. The van der Waals surface area contributed by atoms with Gasteiger partial charge in [0.05, 0.1) is 5.56 Å². The predicted octanol–water partition coefficient (Wildman–Crippen LogP) is 1.70. The highest BCUT2D eigenvalue weighted by Gasteiger charge is 2.35. The molecule has 0 unspecified atom stereocenters. The number of nitrogens with zero attached hydrogens (tertiary/aromatic N) is 2. The first kappa shape index (κ1) is 18.0. The summed E-state index contributed by atoms with van der Waals surface area (Å²) in [6.45, 7) is 3.30. The zero-order chi connectivity index (χ0) is 18.0. The molecule has 0 amide bonds. The Morgan fingerprint density at radius 1 is 1.48 bits per heavy atom. The maximum atomic E-state index is 13.1. The Hall–Kier alpha value is -1.81. The van der Waals surface area contributed by atoms with Gasteiger partial charge in [0, 0.05) is 36.9 Å². The van der Waals surface area contributed by atoms with Gasteiger partial charge in [0.15, 0.2) is 0 Å². The van der Waals surface area contributed by atoms with Crippen LogP contribution in [-0.4, -0.2) is 41.9 Å². The number of carboxylic acid groups (broad SMARTS) is 1. The minimum Gasteiger partial charge on any atom is -0.478 e. The first-order valence-electron chi connectivity index (χ1n) is 7.92. The highest BCUT2D eigenvalue weighted by molar-refractivity contribution is 7.91. The van der Waals surface area contributed by atoms with Crippen LogP contribution in [-0.2, 0) is 29.5 Å². The van der Waals surface area contributed by atoms with Crippen LogP contribution < -0.4 is 5.32 Å². The molecule has 1 aliphatic rings. The first-order chi connectivity index (χ1) is 11.9. The summed E-state index contributed by atoms with van der Waals surface area (Å²) in [5.41, 5.74) is 1.34. The lowest BCUT2D eigenvalue weighted by Crippen LogP contribution is -2.31. The molecule has 0 saturated carbocycles. The smallest absolute Gasteiger partial charge is 0.338 e. The molecule has 25 heavy (non-hydrogen) atoms. The molecule has 2 aromatic rings. The lowest BCUT2D eigenvalue weighted by atomic mass is 10.1. The lowest BCUT2D eigenvalue weighted by Gasteiger charge is -2.20. The number of aromatic nitrogens is 1. The van der Waals surface area contributed by atoms with Crippen molar-refractivity contribution in [1.29, 1.82) is 0 Å². The van der Waals surface area contributed by atoms with Crippen molar-refractivity contribution >= 4 is 27.3 Å². The average Bonchev–Trinajstić information content (AvgIpc) is 3.01. The van der Waals surface area contributed by atoms with Gasteiger partial charge in [-0.2, -0.15) is 4.31 Å². The zero-order valence-electron chi connectivity index (χ0n) is 13.7. The molecule has 0 atom stereocenters. The van der Waals surface area contributed by atoms with E-state index in [9.17, 15) is 18.3 Å². The molecule has 1 aliphatic heterocycles. The number of carboxylic acids is 1. The zero-order valence-corrected chi connectivity index (χ0v) is 15.4. The van der Waals surface area contributed by atoms with Crippen molar-refractivity contribution in [1.82, 2.24) is 14.6 Å². The third-order valence-electron chi connectivity index (χ3n) is 4.12. The third kappa shape index (κ3) is 3.45. The summed E-state index contributed by atoms with van der Waals surface area (Å²) in [6.07, 6.45) is 3.76. The second kappa shape index (κ2) is 7.20. The van der Waals surface area contributed by atoms with Gasteiger partial charge in [-0.15, -0.1) is 11.3 Å². The van der Waals surface area contributed by atoms with Crippen molar-refractivity contribution in [2.24, 2.45) is 0 Å². The van der Waals surface area contributed by atoms with Crippen molar-refractivity contribution in [2.75, 3.05) is 13.1 Å². The van der Waals surface area contributed by atoms with Gasteiger partial charge in [-0.05, 0) is 30.2 Å². The standard InChI is InChI=1S/C16H19N3O4S2/c1-2-19(10-11-4-3-6-17-8-11)25(22,23)16-14(15(20)21)12-5-7-18-9-13(12)24-16/h3-4,6,8,18H,2,5,7,9-10H2,1H3,(H,20,21). The lowest BCUT2D eigenvalue weighted by molar-refractivity contribution is 0.0692. The Labute approximate surface area is 150 Å². The molecular weight excluding hydrogens is 362 g/mol. The van der Waals surface area contributed by atoms with Crippen LogP contribution in [0.15, 0.2) is 28.7 Å². The van der Waals surface area contributed by atoms with Gasteiger partial charge in [0.2, 0.25) is 0 Å². The van der Waals surface area contributed by atoms with E-state index in [0.717, 1.165) is 21.8 Å². The topological polar surface area (TPSA) is 99.6 Å². The molecular formula is C16H19N3O4S2. The number of thiophene rings is 1. The summed E-state index contributed by atoms with van der Waals surface area (Å²) in [7, 11) is -3.90. The van der Waals surface area contributed by atoms with Crippen molar-refractivity contribution in [2.45, 2.75) is 30.6 Å². The molecule has 0 saturated heterocycles. The SMILES string of the molecule is CCN(Cc1cccnc1)S(=O)(=O)c1sc2c(c1C(=O)O)CCNC2. The largest absolute Gasteiger partial charge is 0.478 e. The van der Waals surface area contributed by atoms with E-state index in [2.05, 4.69) is 10.3 Å². The number of rotatable bonds is 6. The molecule has 2 aromatic heterocycles. The van der Waals surface area contributed by atoms with E-state index < -0.39 is 16.0 Å². The van der Waals surface area contributed by atoms with E-state index in [-0.39, 0.29) is 22.9 Å². The number of hydrogen-bond donors (Lipinski definition) is 2. The summed E-state index contributed by atoms with van der Waals surface area (Å²) < 4.78 is 27.5. The summed E-state index contributed by atoms with van der Waals surface area (Å²) in [6, 6.07) is 3.54. The Bertz CT molecular complexity index is 878. The molecule has 0 aliphatic carbocycles. The minimum atomic E-state index is -3.90. The highest BCUT2D eigenvalue weighted by Crippen LogP contribution is 2.36. The van der Waals surface area contributed by atoms with Crippen LogP contribution in [0, 0.1) is 0 Å². The molecule has 0 bridgehead atoms. The number of hydrogen-bond acceptors (Lipinski definition) is 6. The minimum absolute atomic E-state index is 0.0638. The van der Waals surface area contributed by atoms with Gasteiger partial charge in [-0.3, -0.25) is 4.98 Å². The number of pyridine rings is 1. The fourth-order valence-electron chi connectivity index (χ4n) is 2.89. The Kier molecular flexibility index (Phi) is 5.19. The predicted molar refractivity (Wildman–Crippen MR) is 94.2 cm³/mol. The maximum Gasteiger partial charge on any atom is 0.338 e. The van der Waals surface area contributed by atoms with Gasteiger partial charge in [-0.1, -0.05) is 13.0 Å². The van der Waals surface area contributed by atoms with Crippen LogP contribution in [0.25, 0.3) is 0 Å². The van der Waals surface area contributed by atoms with Crippen LogP contribution in [0.4, 0.5) is 0 Å². The molecule has 9 heteroatoms. The van der Waals surface area contributed by atoms with E-state index >= 15 is 0 Å². The van der Waals surface area contributed by atoms with Crippen LogP contribution >= 0.6 is 11.3 Å². The second-order valence-corrected chi connectivity index (χ2v) is 8.93. The molecule has 0 spiro atoms. The molecule has 3 rings (SSSR count). The fourth-order valence-corrected chi connectivity index (χ4v) is 6.33. The van der Waals surface area contributed by atoms with Gasteiger partial charge in [0.1, 0.15) is 4.21 Å². The van der Waals surface area contributed by atoms with Crippen molar-refractivity contribution in [3.63, 3.8) is 0 Å². The van der Waals surface area contributed by atoms with E-state index in [4.69, 9.17) is 0 Å². The maximum absolute atomic E-state index is 13.1. The van der Waals surface area contributed by atoms with Gasteiger partial charge >= 0.3 is 5.97 Å².